The molecule has 0 amide bonds. The monoisotopic (exact) mass is 279 g/mol. The third kappa shape index (κ3) is 2.79. The van der Waals surface area contributed by atoms with Crippen molar-refractivity contribution < 1.29 is 10.1 Å². The molecule has 108 valence electrons. The van der Waals surface area contributed by atoms with Crippen molar-refractivity contribution in [2.24, 2.45) is 16.8 Å². The summed E-state index contributed by atoms with van der Waals surface area (Å²) >= 11 is 0. The van der Waals surface area contributed by atoms with Crippen molar-refractivity contribution in [3.63, 3.8) is 0 Å². The van der Waals surface area contributed by atoms with Crippen LogP contribution in [0, 0.1) is 16.0 Å². The molecule has 8 nitrogen and oxygen atoms in total. The van der Waals surface area contributed by atoms with Crippen molar-refractivity contribution >= 4 is 17.3 Å². The highest BCUT2D eigenvalue weighted by molar-refractivity contribution is 5.97. The molecule has 1 saturated heterocycles. The number of pyridine rings is 1. The zero-order chi connectivity index (χ0) is 14.7. The smallest absolute Gasteiger partial charge is 0.312 e. The molecule has 0 aliphatic carbocycles. The molecule has 0 unspecified atom stereocenters. The molecule has 0 bridgehead atoms. The normalized spacial score (nSPS) is 17.2. The number of nitrogens with two attached hydrogens (primary N) is 1. The molecular formula is C12H17N5O3. The first-order chi connectivity index (χ1) is 9.52. The first-order valence-electron chi connectivity index (χ1n) is 6.40. The number of nitro groups is 1. The minimum absolute atomic E-state index is 0.122. The van der Waals surface area contributed by atoms with Crippen molar-refractivity contribution in [1.82, 2.24) is 4.98 Å². The molecule has 0 radical (unpaired) electrons. The van der Waals surface area contributed by atoms with Crippen LogP contribution in [-0.4, -0.2) is 34.0 Å². The number of rotatable bonds is 3. The van der Waals surface area contributed by atoms with Crippen LogP contribution in [0.15, 0.2) is 17.4 Å². The summed E-state index contributed by atoms with van der Waals surface area (Å²) in [5.41, 5.74) is 5.54. The fourth-order valence-corrected chi connectivity index (χ4v) is 2.24. The molecule has 0 saturated carbocycles. The van der Waals surface area contributed by atoms with Gasteiger partial charge in [0.1, 0.15) is 0 Å². The fourth-order valence-electron chi connectivity index (χ4n) is 2.24. The summed E-state index contributed by atoms with van der Waals surface area (Å²) in [7, 11) is 0. The molecule has 2 rings (SSSR count). The Morgan fingerprint density at radius 1 is 1.60 bits per heavy atom. The van der Waals surface area contributed by atoms with E-state index in [1.54, 1.807) is 0 Å². The van der Waals surface area contributed by atoms with Crippen LogP contribution >= 0.6 is 0 Å². The van der Waals surface area contributed by atoms with Gasteiger partial charge in [-0.2, -0.15) is 0 Å². The van der Waals surface area contributed by atoms with E-state index in [1.165, 1.54) is 12.3 Å². The Bertz CT molecular complexity index is 538. The van der Waals surface area contributed by atoms with Crippen LogP contribution in [0.5, 0.6) is 0 Å². The van der Waals surface area contributed by atoms with E-state index in [0.717, 1.165) is 25.9 Å². The van der Waals surface area contributed by atoms with Gasteiger partial charge in [0.15, 0.2) is 5.84 Å². The number of piperidine rings is 1. The summed E-state index contributed by atoms with van der Waals surface area (Å²) in [4.78, 5) is 16.7. The van der Waals surface area contributed by atoms with Gasteiger partial charge in [0.25, 0.3) is 0 Å². The van der Waals surface area contributed by atoms with E-state index in [9.17, 15) is 10.1 Å². The van der Waals surface area contributed by atoms with Gasteiger partial charge in [-0.15, -0.1) is 0 Å². The second-order valence-electron chi connectivity index (χ2n) is 4.98. The minimum Gasteiger partial charge on any atom is -0.409 e. The van der Waals surface area contributed by atoms with Gasteiger partial charge in [-0.25, -0.2) is 4.98 Å². The van der Waals surface area contributed by atoms with Crippen LogP contribution in [0.3, 0.4) is 0 Å². The summed E-state index contributed by atoms with van der Waals surface area (Å²) in [6.45, 7) is 3.66. The summed E-state index contributed by atoms with van der Waals surface area (Å²) < 4.78 is 0. The number of nitrogens with zero attached hydrogens (tertiary/aromatic N) is 4. The quantitative estimate of drug-likeness (QED) is 0.283. The lowest BCUT2D eigenvalue weighted by molar-refractivity contribution is -0.384. The SMILES string of the molecule is CC1CCN(c2ncc(C(N)=NO)cc2[N+](=O)[O-])CC1. The van der Waals surface area contributed by atoms with Crippen molar-refractivity contribution in [2.75, 3.05) is 18.0 Å². The van der Waals surface area contributed by atoms with E-state index < -0.39 is 4.92 Å². The van der Waals surface area contributed by atoms with E-state index in [4.69, 9.17) is 10.9 Å². The lowest BCUT2D eigenvalue weighted by Gasteiger charge is -2.30. The van der Waals surface area contributed by atoms with Gasteiger partial charge in [-0.1, -0.05) is 12.1 Å². The third-order valence-electron chi connectivity index (χ3n) is 3.53. The van der Waals surface area contributed by atoms with Gasteiger partial charge >= 0.3 is 5.69 Å². The summed E-state index contributed by atoms with van der Waals surface area (Å²) in [6.07, 6.45) is 3.36. The van der Waals surface area contributed by atoms with Gasteiger partial charge in [0, 0.05) is 30.9 Å². The molecule has 1 aromatic rings. The van der Waals surface area contributed by atoms with Crippen molar-refractivity contribution in [3.8, 4) is 0 Å². The maximum atomic E-state index is 11.2. The maximum absolute atomic E-state index is 11.2. The van der Waals surface area contributed by atoms with Crippen molar-refractivity contribution in [1.29, 1.82) is 0 Å². The predicted molar refractivity (Wildman–Crippen MR) is 74.0 cm³/mol. The molecule has 20 heavy (non-hydrogen) atoms. The minimum atomic E-state index is -0.492. The van der Waals surface area contributed by atoms with Crippen LogP contribution in [0.4, 0.5) is 11.5 Å². The first kappa shape index (κ1) is 14.0. The van der Waals surface area contributed by atoms with Crippen LogP contribution in [0.2, 0.25) is 0 Å². The zero-order valence-corrected chi connectivity index (χ0v) is 11.2. The highest BCUT2D eigenvalue weighted by atomic mass is 16.6. The van der Waals surface area contributed by atoms with E-state index in [2.05, 4.69) is 17.1 Å². The molecule has 0 aromatic carbocycles. The van der Waals surface area contributed by atoms with E-state index in [1.807, 2.05) is 4.90 Å². The predicted octanol–water partition coefficient (Wildman–Crippen LogP) is 1.32. The molecule has 3 N–H and O–H groups in total. The summed E-state index contributed by atoms with van der Waals surface area (Å²) in [6, 6.07) is 1.29. The number of hydrogen-bond donors (Lipinski definition) is 2. The Kier molecular flexibility index (Phi) is 4.02. The Labute approximate surface area is 116 Å². The average molecular weight is 279 g/mol. The molecule has 8 heteroatoms. The van der Waals surface area contributed by atoms with Crippen LogP contribution in [0.1, 0.15) is 25.3 Å². The number of amidine groups is 1. The van der Waals surface area contributed by atoms with Crippen LogP contribution in [-0.2, 0) is 0 Å². The third-order valence-corrected chi connectivity index (χ3v) is 3.53. The van der Waals surface area contributed by atoms with Crippen LogP contribution < -0.4 is 10.6 Å². The number of aromatic nitrogens is 1. The lowest BCUT2D eigenvalue weighted by Crippen LogP contribution is -2.34. The number of anilines is 1. The van der Waals surface area contributed by atoms with Gasteiger partial charge < -0.3 is 15.8 Å². The molecule has 1 fully saturated rings. The summed E-state index contributed by atoms with van der Waals surface area (Å²) in [5, 5.41) is 22.6. The summed E-state index contributed by atoms with van der Waals surface area (Å²) in [5.74, 6) is 0.776. The maximum Gasteiger partial charge on any atom is 0.312 e. The van der Waals surface area contributed by atoms with Gasteiger partial charge in [-0.05, 0) is 18.8 Å². The average Bonchev–Trinajstić information content (AvgIpc) is 2.46. The topological polar surface area (TPSA) is 118 Å². The van der Waals surface area contributed by atoms with Gasteiger partial charge in [0.2, 0.25) is 5.82 Å². The van der Waals surface area contributed by atoms with E-state index in [-0.39, 0.29) is 17.1 Å². The Balaban J connectivity index is 2.35. The Morgan fingerprint density at radius 3 is 2.80 bits per heavy atom. The Morgan fingerprint density at radius 2 is 2.25 bits per heavy atom. The van der Waals surface area contributed by atoms with Crippen molar-refractivity contribution in [2.45, 2.75) is 19.8 Å². The molecular weight excluding hydrogens is 262 g/mol. The lowest BCUT2D eigenvalue weighted by atomic mass is 9.99. The zero-order valence-electron chi connectivity index (χ0n) is 11.2. The molecule has 2 heterocycles. The van der Waals surface area contributed by atoms with Crippen molar-refractivity contribution in [3.05, 3.63) is 27.9 Å². The second-order valence-corrected chi connectivity index (χ2v) is 4.98. The van der Waals surface area contributed by atoms with Crippen LogP contribution in [0.25, 0.3) is 0 Å². The first-order valence-corrected chi connectivity index (χ1v) is 6.40. The number of oxime groups is 1. The van der Waals surface area contributed by atoms with E-state index in [0.29, 0.717) is 11.7 Å². The highest BCUT2D eigenvalue weighted by Gasteiger charge is 2.25. The highest BCUT2D eigenvalue weighted by Crippen LogP contribution is 2.29. The molecule has 1 aliphatic rings. The molecule has 1 aliphatic heterocycles. The molecule has 1 aromatic heterocycles. The van der Waals surface area contributed by atoms with Gasteiger partial charge in [-0.3, -0.25) is 10.1 Å². The fraction of sp³-hybridized carbons (Fsp3) is 0.500. The van der Waals surface area contributed by atoms with E-state index >= 15 is 0 Å². The molecule has 0 atom stereocenters. The standard InChI is InChI=1S/C12H17N5O3/c1-8-2-4-16(5-3-8)12-10(17(19)20)6-9(7-14-12)11(13)15-18/h6-8,18H,2-5H2,1H3,(H2,13,15). The van der Waals surface area contributed by atoms with Gasteiger partial charge in [0.05, 0.1) is 4.92 Å². The molecule has 0 spiro atoms. The largest absolute Gasteiger partial charge is 0.409 e. The number of hydrogen-bond acceptors (Lipinski definition) is 6. The second kappa shape index (κ2) is 5.72. The Hall–Kier alpha value is -2.38.